The van der Waals surface area contributed by atoms with Crippen LogP contribution < -0.4 is 10.2 Å². The third-order valence-corrected chi connectivity index (χ3v) is 3.66. The molecule has 5 heteroatoms. The summed E-state index contributed by atoms with van der Waals surface area (Å²) >= 11 is 0. The molecule has 3 aromatic rings. The van der Waals surface area contributed by atoms with Crippen molar-refractivity contribution >= 4 is 23.1 Å². The van der Waals surface area contributed by atoms with E-state index in [1.165, 1.54) is 11.9 Å². The third kappa shape index (κ3) is 3.57. The highest BCUT2D eigenvalue weighted by Crippen LogP contribution is 2.17. The fourth-order valence-electron chi connectivity index (χ4n) is 2.27. The largest absolute Gasteiger partial charge is 0.340 e. The van der Waals surface area contributed by atoms with Crippen molar-refractivity contribution in [2.75, 3.05) is 17.3 Å². The van der Waals surface area contributed by atoms with Crippen molar-refractivity contribution in [2.24, 2.45) is 0 Å². The predicted molar refractivity (Wildman–Crippen MR) is 95.7 cm³/mol. The number of nitrogens with zero attached hydrogens (tertiary/aromatic N) is 3. The summed E-state index contributed by atoms with van der Waals surface area (Å²) in [5.41, 5.74) is 3.25. The second-order valence-corrected chi connectivity index (χ2v) is 5.48. The van der Waals surface area contributed by atoms with Gasteiger partial charge in [-0.15, -0.1) is 0 Å². The molecule has 24 heavy (non-hydrogen) atoms. The number of hydrogen-bond donors (Lipinski definition) is 1. The van der Waals surface area contributed by atoms with Crippen LogP contribution >= 0.6 is 0 Å². The average molecular weight is 318 g/mol. The van der Waals surface area contributed by atoms with E-state index in [0.717, 1.165) is 11.4 Å². The van der Waals surface area contributed by atoms with E-state index < -0.39 is 0 Å². The van der Waals surface area contributed by atoms with Gasteiger partial charge in [-0.25, -0.2) is 9.97 Å². The number of aryl methyl sites for hydroxylation is 1. The van der Waals surface area contributed by atoms with Crippen LogP contribution in [0.1, 0.15) is 16.1 Å². The molecule has 0 atom stereocenters. The van der Waals surface area contributed by atoms with Crippen molar-refractivity contribution in [3.05, 3.63) is 78.2 Å². The number of benzene rings is 2. The zero-order chi connectivity index (χ0) is 16.9. The van der Waals surface area contributed by atoms with E-state index >= 15 is 0 Å². The van der Waals surface area contributed by atoms with Crippen LogP contribution in [0, 0.1) is 6.92 Å². The van der Waals surface area contributed by atoms with Gasteiger partial charge in [-0.3, -0.25) is 4.79 Å². The Morgan fingerprint density at radius 3 is 2.42 bits per heavy atom. The Morgan fingerprint density at radius 1 is 1.00 bits per heavy atom. The first kappa shape index (κ1) is 15.7. The molecule has 0 unspecified atom stereocenters. The number of amides is 1. The molecule has 1 heterocycles. The quantitative estimate of drug-likeness (QED) is 0.795. The van der Waals surface area contributed by atoms with Crippen LogP contribution in [0.15, 0.2) is 67.0 Å². The maximum atomic E-state index is 12.6. The molecule has 0 spiro atoms. The molecule has 0 saturated carbocycles. The zero-order valence-corrected chi connectivity index (χ0v) is 13.6. The topological polar surface area (TPSA) is 58.1 Å². The average Bonchev–Trinajstić information content (AvgIpc) is 2.63. The number of anilines is 3. The Morgan fingerprint density at radius 2 is 1.71 bits per heavy atom. The van der Waals surface area contributed by atoms with Gasteiger partial charge in [0.25, 0.3) is 5.91 Å². The molecular weight excluding hydrogens is 300 g/mol. The van der Waals surface area contributed by atoms with E-state index in [4.69, 9.17) is 0 Å². The van der Waals surface area contributed by atoms with E-state index in [1.807, 2.05) is 61.5 Å². The number of para-hydroxylation sites is 1. The molecule has 3 rings (SSSR count). The smallest absolute Gasteiger partial charge is 0.276 e. The minimum Gasteiger partial charge on any atom is -0.340 e. The minimum atomic E-state index is -0.185. The van der Waals surface area contributed by atoms with Gasteiger partial charge in [-0.2, -0.15) is 0 Å². The molecule has 1 N–H and O–H groups in total. The second-order valence-electron chi connectivity index (χ2n) is 5.48. The van der Waals surface area contributed by atoms with Gasteiger partial charge in [0.05, 0.1) is 0 Å². The molecule has 2 aromatic carbocycles. The molecule has 120 valence electrons. The fraction of sp³-hybridized carbons (Fsp3) is 0.105. The van der Waals surface area contributed by atoms with Gasteiger partial charge in [0.1, 0.15) is 17.8 Å². The highest BCUT2D eigenvalue weighted by atomic mass is 16.2. The van der Waals surface area contributed by atoms with Gasteiger partial charge in [0.2, 0.25) is 0 Å². The standard InChI is InChI=1S/C19H18N4O/c1-14-8-10-15(11-9-14)22-18-12-17(20-13-21-18)19(24)23(2)16-6-4-3-5-7-16/h3-13H,1-2H3,(H,20,21,22). The SMILES string of the molecule is Cc1ccc(Nc2cc(C(=O)N(C)c3ccccc3)ncn2)cc1. The Bertz CT molecular complexity index is 832. The van der Waals surface area contributed by atoms with Crippen LogP contribution in [0.25, 0.3) is 0 Å². The first-order chi connectivity index (χ1) is 11.6. The summed E-state index contributed by atoms with van der Waals surface area (Å²) in [5.74, 6) is 0.397. The number of hydrogen-bond acceptors (Lipinski definition) is 4. The lowest BCUT2D eigenvalue weighted by atomic mass is 10.2. The molecule has 1 aromatic heterocycles. The first-order valence-electron chi connectivity index (χ1n) is 7.62. The highest BCUT2D eigenvalue weighted by Gasteiger charge is 2.15. The van der Waals surface area contributed by atoms with Gasteiger partial charge < -0.3 is 10.2 Å². The molecule has 5 nitrogen and oxygen atoms in total. The predicted octanol–water partition coefficient (Wildman–Crippen LogP) is 3.81. The molecule has 0 bridgehead atoms. The summed E-state index contributed by atoms with van der Waals surface area (Å²) in [6.07, 6.45) is 1.39. The second kappa shape index (κ2) is 6.91. The van der Waals surface area contributed by atoms with Crippen molar-refractivity contribution < 1.29 is 4.79 Å². The Balaban J connectivity index is 1.79. The van der Waals surface area contributed by atoms with Crippen molar-refractivity contribution in [3.8, 4) is 0 Å². The molecule has 0 radical (unpaired) electrons. The lowest BCUT2D eigenvalue weighted by Gasteiger charge is -2.17. The van der Waals surface area contributed by atoms with Crippen LogP contribution in [0.5, 0.6) is 0 Å². The lowest BCUT2D eigenvalue weighted by Crippen LogP contribution is -2.27. The van der Waals surface area contributed by atoms with Gasteiger partial charge >= 0.3 is 0 Å². The van der Waals surface area contributed by atoms with Gasteiger partial charge in [-0.1, -0.05) is 35.9 Å². The third-order valence-electron chi connectivity index (χ3n) is 3.66. The van der Waals surface area contributed by atoms with Gasteiger partial charge in [-0.05, 0) is 31.2 Å². The Kier molecular flexibility index (Phi) is 4.52. The van der Waals surface area contributed by atoms with Crippen LogP contribution in [0.4, 0.5) is 17.2 Å². The summed E-state index contributed by atoms with van der Waals surface area (Å²) in [5, 5.41) is 3.18. The van der Waals surface area contributed by atoms with Crippen LogP contribution in [0.3, 0.4) is 0 Å². The molecular formula is C19H18N4O. The molecule has 0 aliphatic heterocycles. The van der Waals surface area contributed by atoms with Crippen molar-refractivity contribution in [3.63, 3.8) is 0 Å². The lowest BCUT2D eigenvalue weighted by molar-refractivity contribution is 0.0988. The van der Waals surface area contributed by atoms with E-state index in [1.54, 1.807) is 18.0 Å². The summed E-state index contributed by atoms with van der Waals surface area (Å²) in [4.78, 5) is 22.4. The van der Waals surface area contributed by atoms with Gasteiger partial charge in [0, 0.05) is 24.5 Å². The highest BCUT2D eigenvalue weighted by molar-refractivity contribution is 6.04. The van der Waals surface area contributed by atoms with Crippen molar-refractivity contribution in [1.29, 1.82) is 0 Å². The van der Waals surface area contributed by atoms with Crippen molar-refractivity contribution in [2.45, 2.75) is 6.92 Å². The van der Waals surface area contributed by atoms with Gasteiger partial charge in [0.15, 0.2) is 0 Å². The number of nitrogens with one attached hydrogen (secondary N) is 1. The van der Waals surface area contributed by atoms with Crippen LogP contribution in [-0.4, -0.2) is 22.9 Å². The first-order valence-corrected chi connectivity index (χ1v) is 7.62. The number of rotatable bonds is 4. The van der Waals surface area contributed by atoms with E-state index in [-0.39, 0.29) is 5.91 Å². The zero-order valence-electron chi connectivity index (χ0n) is 13.6. The Labute approximate surface area is 141 Å². The van der Waals surface area contributed by atoms with E-state index in [9.17, 15) is 4.79 Å². The molecule has 0 fully saturated rings. The molecule has 0 saturated heterocycles. The summed E-state index contributed by atoms with van der Waals surface area (Å²) in [7, 11) is 1.73. The molecule has 0 aliphatic carbocycles. The van der Waals surface area contributed by atoms with Crippen LogP contribution in [0.2, 0.25) is 0 Å². The minimum absolute atomic E-state index is 0.185. The summed E-state index contributed by atoms with van der Waals surface area (Å²) in [6.45, 7) is 2.03. The summed E-state index contributed by atoms with van der Waals surface area (Å²) in [6, 6.07) is 19.1. The van der Waals surface area contributed by atoms with Crippen LogP contribution in [-0.2, 0) is 0 Å². The Hall–Kier alpha value is -3.21. The number of carbonyl (C=O) groups excluding carboxylic acids is 1. The molecule has 1 amide bonds. The number of carbonyl (C=O) groups is 1. The van der Waals surface area contributed by atoms with E-state index in [0.29, 0.717) is 11.5 Å². The number of aromatic nitrogens is 2. The monoisotopic (exact) mass is 318 g/mol. The van der Waals surface area contributed by atoms with Crippen molar-refractivity contribution in [1.82, 2.24) is 9.97 Å². The maximum Gasteiger partial charge on any atom is 0.276 e. The maximum absolute atomic E-state index is 12.6. The van der Waals surface area contributed by atoms with E-state index in [2.05, 4.69) is 15.3 Å². The molecule has 0 aliphatic rings. The normalized spacial score (nSPS) is 10.2. The fourth-order valence-corrected chi connectivity index (χ4v) is 2.27. The summed E-state index contributed by atoms with van der Waals surface area (Å²) < 4.78 is 0.